The smallest absolute Gasteiger partial charge is 0.139 e. The van der Waals surface area contributed by atoms with Crippen molar-refractivity contribution in [2.75, 3.05) is 6.61 Å². The van der Waals surface area contributed by atoms with Crippen molar-refractivity contribution >= 4 is 0 Å². The Labute approximate surface area is 72.3 Å². The van der Waals surface area contributed by atoms with Gasteiger partial charge in [-0.1, -0.05) is 13.8 Å². The molecular formula is C9H14N2O. The standard InChI is InChI=1S/C9H14N2O/c1-7(2)8-5-10-11-6-12-4-3-9(8)11/h5,7H,3-4,6H2,1-2H3. The summed E-state index contributed by atoms with van der Waals surface area (Å²) in [7, 11) is 0. The third-order valence-electron chi connectivity index (χ3n) is 2.30. The first kappa shape index (κ1) is 7.80. The second-order valence-electron chi connectivity index (χ2n) is 3.49. The molecule has 0 aromatic carbocycles. The molecule has 0 aliphatic carbocycles. The molecule has 0 radical (unpaired) electrons. The Morgan fingerprint density at radius 3 is 3.17 bits per heavy atom. The van der Waals surface area contributed by atoms with Crippen molar-refractivity contribution in [3.8, 4) is 0 Å². The van der Waals surface area contributed by atoms with E-state index in [-0.39, 0.29) is 0 Å². The zero-order chi connectivity index (χ0) is 8.55. The van der Waals surface area contributed by atoms with Gasteiger partial charge in [0.05, 0.1) is 12.8 Å². The Balaban J connectivity index is 2.38. The lowest BCUT2D eigenvalue weighted by Gasteiger charge is -2.16. The summed E-state index contributed by atoms with van der Waals surface area (Å²) in [6, 6.07) is 0. The monoisotopic (exact) mass is 166 g/mol. The normalized spacial score (nSPS) is 16.6. The molecule has 3 heteroatoms. The molecule has 2 heterocycles. The molecule has 0 saturated heterocycles. The van der Waals surface area contributed by atoms with Crippen molar-refractivity contribution in [3.63, 3.8) is 0 Å². The molecule has 0 fully saturated rings. The van der Waals surface area contributed by atoms with Gasteiger partial charge in [0.25, 0.3) is 0 Å². The minimum atomic E-state index is 0.576. The molecule has 0 unspecified atom stereocenters. The summed E-state index contributed by atoms with van der Waals surface area (Å²) >= 11 is 0. The molecule has 1 aromatic heterocycles. The molecule has 2 rings (SSSR count). The number of nitrogens with zero attached hydrogens (tertiary/aromatic N) is 2. The summed E-state index contributed by atoms with van der Waals surface area (Å²) in [5.41, 5.74) is 2.73. The quantitative estimate of drug-likeness (QED) is 0.632. The molecule has 3 nitrogen and oxygen atoms in total. The number of rotatable bonds is 1. The average Bonchev–Trinajstić information content (AvgIpc) is 2.47. The molecule has 1 aromatic rings. The van der Waals surface area contributed by atoms with E-state index in [1.807, 2.05) is 10.9 Å². The maximum Gasteiger partial charge on any atom is 0.139 e. The van der Waals surface area contributed by atoms with Gasteiger partial charge in [0, 0.05) is 12.1 Å². The first-order chi connectivity index (χ1) is 5.79. The lowest BCUT2D eigenvalue weighted by Crippen LogP contribution is -2.18. The van der Waals surface area contributed by atoms with Gasteiger partial charge in [-0.05, 0) is 11.5 Å². The van der Waals surface area contributed by atoms with E-state index in [0.29, 0.717) is 12.6 Å². The van der Waals surface area contributed by atoms with Crippen LogP contribution < -0.4 is 0 Å². The van der Waals surface area contributed by atoms with Crippen molar-refractivity contribution < 1.29 is 4.74 Å². The maximum atomic E-state index is 5.29. The van der Waals surface area contributed by atoms with Gasteiger partial charge in [-0.2, -0.15) is 5.10 Å². The third kappa shape index (κ3) is 1.14. The van der Waals surface area contributed by atoms with E-state index in [9.17, 15) is 0 Å². The summed E-state index contributed by atoms with van der Waals surface area (Å²) in [4.78, 5) is 0. The zero-order valence-electron chi connectivity index (χ0n) is 7.58. The van der Waals surface area contributed by atoms with Crippen LogP contribution >= 0.6 is 0 Å². The Morgan fingerprint density at radius 2 is 2.42 bits per heavy atom. The number of fused-ring (bicyclic) bond motifs is 1. The minimum absolute atomic E-state index is 0.576. The fraction of sp³-hybridized carbons (Fsp3) is 0.667. The highest BCUT2D eigenvalue weighted by Gasteiger charge is 2.16. The maximum absolute atomic E-state index is 5.29. The van der Waals surface area contributed by atoms with Gasteiger partial charge < -0.3 is 4.74 Å². The molecule has 0 N–H and O–H groups in total. The van der Waals surface area contributed by atoms with Gasteiger partial charge in [0.15, 0.2) is 0 Å². The molecule has 0 saturated carbocycles. The molecule has 0 amide bonds. The molecule has 0 bridgehead atoms. The van der Waals surface area contributed by atoms with E-state index in [1.54, 1.807) is 0 Å². The molecule has 1 aliphatic rings. The summed E-state index contributed by atoms with van der Waals surface area (Å²) in [5.74, 6) is 0.576. The van der Waals surface area contributed by atoms with Gasteiger partial charge in [-0.25, -0.2) is 4.68 Å². The van der Waals surface area contributed by atoms with Crippen molar-refractivity contribution in [3.05, 3.63) is 17.5 Å². The molecule has 66 valence electrons. The Kier molecular flexibility index (Phi) is 1.89. The Hall–Kier alpha value is -0.830. The lowest BCUT2D eigenvalue weighted by atomic mass is 10.0. The van der Waals surface area contributed by atoms with Crippen molar-refractivity contribution in [1.29, 1.82) is 0 Å². The first-order valence-electron chi connectivity index (χ1n) is 4.41. The van der Waals surface area contributed by atoms with E-state index < -0.39 is 0 Å². The zero-order valence-corrected chi connectivity index (χ0v) is 7.58. The van der Waals surface area contributed by atoms with Crippen LogP contribution in [0, 0.1) is 0 Å². The van der Waals surface area contributed by atoms with Gasteiger partial charge in [0.2, 0.25) is 0 Å². The van der Waals surface area contributed by atoms with Crippen LogP contribution in [0.25, 0.3) is 0 Å². The minimum Gasteiger partial charge on any atom is -0.359 e. The topological polar surface area (TPSA) is 27.1 Å². The van der Waals surface area contributed by atoms with Gasteiger partial charge in [-0.3, -0.25) is 0 Å². The van der Waals surface area contributed by atoms with Crippen molar-refractivity contribution in [2.24, 2.45) is 0 Å². The number of hydrogen-bond donors (Lipinski definition) is 0. The number of hydrogen-bond acceptors (Lipinski definition) is 2. The van der Waals surface area contributed by atoms with Crippen LogP contribution in [0.5, 0.6) is 0 Å². The molecular weight excluding hydrogens is 152 g/mol. The van der Waals surface area contributed by atoms with Crippen LogP contribution in [0.4, 0.5) is 0 Å². The molecule has 0 spiro atoms. The first-order valence-corrected chi connectivity index (χ1v) is 4.41. The second kappa shape index (κ2) is 2.90. The number of ether oxygens (including phenoxy) is 1. The van der Waals surface area contributed by atoms with Gasteiger partial charge >= 0.3 is 0 Å². The summed E-state index contributed by atoms with van der Waals surface area (Å²) in [6.45, 7) is 5.87. The van der Waals surface area contributed by atoms with E-state index in [4.69, 9.17) is 4.74 Å². The largest absolute Gasteiger partial charge is 0.359 e. The average molecular weight is 166 g/mol. The van der Waals surface area contributed by atoms with E-state index >= 15 is 0 Å². The highest BCUT2D eigenvalue weighted by atomic mass is 16.5. The van der Waals surface area contributed by atoms with Gasteiger partial charge in [0.1, 0.15) is 6.73 Å². The SMILES string of the molecule is CC(C)c1cnn2c1CCOC2. The summed E-state index contributed by atoms with van der Waals surface area (Å²) in [6.07, 6.45) is 2.97. The molecule has 1 aliphatic heterocycles. The van der Waals surface area contributed by atoms with Crippen LogP contribution in [0.2, 0.25) is 0 Å². The second-order valence-corrected chi connectivity index (χ2v) is 3.49. The Bertz CT molecular complexity index is 278. The van der Waals surface area contributed by atoms with Crippen LogP contribution in [-0.2, 0) is 17.9 Å². The molecule has 12 heavy (non-hydrogen) atoms. The highest BCUT2D eigenvalue weighted by Crippen LogP contribution is 2.21. The summed E-state index contributed by atoms with van der Waals surface area (Å²) in [5, 5.41) is 4.27. The van der Waals surface area contributed by atoms with Crippen LogP contribution in [0.15, 0.2) is 6.20 Å². The molecule has 0 atom stereocenters. The van der Waals surface area contributed by atoms with E-state index in [2.05, 4.69) is 18.9 Å². The van der Waals surface area contributed by atoms with Crippen molar-refractivity contribution in [2.45, 2.75) is 32.9 Å². The predicted octanol–water partition coefficient (Wildman–Crippen LogP) is 1.54. The summed E-state index contributed by atoms with van der Waals surface area (Å²) < 4.78 is 7.25. The number of aromatic nitrogens is 2. The third-order valence-corrected chi connectivity index (χ3v) is 2.30. The van der Waals surface area contributed by atoms with Crippen LogP contribution in [-0.4, -0.2) is 16.4 Å². The van der Waals surface area contributed by atoms with Crippen LogP contribution in [0.3, 0.4) is 0 Å². The highest BCUT2D eigenvalue weighted by molar-refractivity contribution is 5.22. The fourth-order valence-corrected chi connectivity index (χ4v) is 1.61. The van der Waals surface area contributed by atoms with E-state index in [0.717, 1.165) is 13.0 Å². The van der Waals surface area contributed by atoms with Crippen molar-refractivity contribution in [1.82, 2.24) is 9.78 Å². The fourth-order valence-electron chi connectivity index (χ4n) is 1.61. The van der Waals surface area contributed by atoms with E-state index in [1.165, 1.54) is 11.3 Å². The van der Waals surface area contributed by atoms with Gasteiger partial charge in [-0.15, -0.1) is 0 Å². The lowest BCUT2D eigenvalue weighted by molar-refractivity contribution is 0.0476. The van der Waals surface area contributed by atoms with Crippen LogP contribution in [0.1, 0.15) is 31.0 Å². The Morgan fingerprint density at radius 1 is 1.58 bits per heavy atom. The predicted molar refractivity (Wildman–Crippen MR) is 46.0 cm³/mol.